The highest BCUT2D eigenvalue weighted by Crippen LogP contribution is 2.51. The lowest BCUT2D eigenvalue weighted by Gasteiger charge is -2.41. The molecule has 2 aromatic carbocycles. The molecular formula is C31H34N2O10. The van der Waals surface area contributed by atoms with Gasteiger partial charge in [-0.05, 0) is 49.2 Å². The lowest BCUT2D eigenvalue weighted by atomic mass is 9.77. The average molecular weight is 595 g/mol. The zero-order chi connectivity index (χ0) is 30.7. The molecule has 0 aromatic heterocycles. The summed E-state index contributed by atoms with van der Waals surface area (Å²) in [5.41, 5.74) is 1.71. The molecule has 2 aliphatic heterocycles. The summed E-state index contributed by atoms with van der Waals surface area (Å²) in [6.07, 6.45) is 0.499. The van der Waals surface area contributed by atoms with Crippen LogP contribution in [0.4, 0.5) is 0 Å². The normalized spacial score (nSPS) is 21.2. The number of rotatable bonds is 12. The Hall–Kier alpha value is -4.42. The van der Waals surface area contributed by atoms with E-state index in [1.807, 2.05) is 0 Å². The van der Waals surface area contributed by atoms with E-state index in [2.05, 4.69) is 5.32 Å². The van der Waals surface area contributed by atoms with Gasteiger partial charge in [0.1, 0.15) is 24.3 Å². The van der Waals surface area contributed by atoms with Crippen LogP contribution in [-0.4, -0.2) is 84.3 Å². The van der Waals surface area contributed by atoms with Crippen molar-refractivity contribution in [2.75, 3.05) is 27.1 Å². The number of fused-ring (bicyclic) bond motifs is 4. The summed E-state index contributed by atoms with van der Waals surface area (Å²) >= 11 is 0. The van der Waals surface area contributed by atoms with Gasteiger partial charge in [0.25, 0.3) is 0 Å². The molecule has 0 spiro atoms. The first-order chi connectivity index (χ1) is 20.7. The number of aliphatic hydroxyl groups excluding tert-OH is 2. The number of carbonyl (C=O) groups excluding carboxylic acids is 4. The SMILES string of the molecule is COc1cc(C=O)cc2c1OC1C2C(C(=O)NCCO)=CC(N(Cc2ccc3c(c2)OCO3)C(=O)CCCC(C)=O)C1O. The van der Waals surface area contributed by atoms with Crippen molar-refractivity contribution in [1.29, 1.82) is 0 Å². The number of hydrogen-bond acceptors (Lipinski definition) is 10. The van der Waals surface area contributed by atoms with Gasteiger partial charge in [0.2, 0.25) is 18.6 Å². The number of aldehydes is 1. The number of carbonyl (C=O) groups is 4. The maximum absolute atomic E-state index is 13.7. The number of amides is 2. The molecule has 4 unspecified atom stereocenters. The van der Waals surface area contributed by atoms with Crippen LogP contribution in [0.2, 0.25) is 0 Å². The van der Waals surface area contributed by atoms with Crippen molar-refractivity contribution >= 4 is 23.9 Å². The second-order valence-corrected chi connectivity index (χ2v) is 10.7. The van der Waals surface area contributed by atoms with E-state index in [1.54, 1.807) is 30.3 Å². The zero-order valence-electron chi connectivity index (χ0n) is 23.9. The molecule has 0 fully saturated rings. The van der Waals surface area contributed by atoms with E-state index in [9.17, 15) is 29.4 Å². The van der Waals surface area contributed by atoms with Gasteiger partial charge in [-0.3, -0.25) is 14.4 Å². The van der Waals surface area contributed by atoms with E-state index in [-0.39, 0.29) is 62.3 Å². The maximum Gasteiger partial charge on any atom is 0.247 e. The van der Waals surface area contributed by atoms with Crippen LogP contribution in [0.5, 0.6) is 23.0 Å². The Balaban J connectivity index is 1.56. The molecule has 2 heterocycles. The summed E-state index contributed by atoms with van der Waals surface area (Å²) in [6, 6.07) is 7.37. The highest BCUT2D eigenvalue weighted by atomic mass is 16.7. The number of hydrogen-bond donors (Lipinski definition) is 3. The van der Waals surface area contributed by atoms with Crippen LogP contribution >= 0.6 is 0 Å². The van der Waals surface area contributed by atoms with Gasteiger partial charge in [-0.1, -0.05) is 6.07 Å². The third-order valence-corrected chi connectivity index (χ3v) is 7.80. The van der Waals surface area contributed by atoms with E-state index < -0.39 is 30.1 Å². The summed E-state index contributed by atoms with van der Waals surface area (Å²) in [6.45, 7) is 1.29. The number of ketones is 1. The van der Waals surface area contributed by atoms with Crippen molar-refractivity contribution in [3.05, 3.63) is 58.7 Å². The van der Waals surface area contributed by atoms with Crippen molar-refractivity contribution in [2.45, 2.75) is 56.9 Å². The standard InChI is InChI=1S/C31H34N2O10/c1-17(36)4-3-5-26(37)33(14-18-6-7-23-24(11-18)42-16-41-23)22-13-21(31(39)32-8-9-34)27-20-10-19(15-35)12-25(40-2)29(20)43-30(27)28(22)38/h6-7,10-13,15,22,27-28,30,34,38H,3-5,8-9,14,16H2,1-2H3,(H,32,39). The molecule has 1 aliphatic carbocycles. The second-order valence-electron chi connectivity index (χ2n) is 10.7. The van der Waals surface area contributed by atoms with Crippen LogP contribution in [0.3, 0.4) is 0 Å². The topological polar surface area (TPSA) is 161 Å². The summed E-state index contributed by atoms with van der Waals surface area (Å²) in [7, 11) is 1.42. The molecule has 43 heavy (non-hydrogen) atoms. The lowest BCUT2D eigenvalue weighted by molar-refractivity contribution is -0.138. The van der Waals surface area contributed by atoms with Crippen molar-refractivity contribution in [1.82, 2.24) is 10.2 Å². The van der Waals surface area contributed by atoms with Gasteiger partial charge >= 0.3 is 0 Å². The minimum atomic E-state index is -1.29. The number of benzene rings is 2. The molecule has 0 saturated carbocycles. The highest BCUT2D eigenvalue weighted by Gasteiger charge is 2.51. The summed E-state index contributed by atoms with van der Waals surface area (Å²) in [5, 5.41) is 23.8. The van der Waals surface area contributed by atoms with Crippen LogP contribution in [-0.2, 0) is 20.9 Å². The third-order valence-electron chi connectivity index (χ3n) is 7.80. The van der Waals surface area contributed by atoms with Gasteiger partial charge in [-0.15, -0.1) is 0 Å². The van der Waals surface area contributed by atoms with Gasteiger partial charge in [-0.2, -0.15) is 0 Å². The van der Waals surface area contributed by atoms with E-state index in [0.29, 0.717) is 46.6 Å². The summed E-state index contributed by atoms with van der Waals surface area (Å²) in [4.78, 5) is 52.0. The zero-order valence-corrected chi connectivity index (χ0v) is 23.9. The first kappa shape index (κ1) is 30.1. The molecule has 12 nitrogen and oxygen atoms in total. The first-order valence-corrected chi connectivity index (χ1v) is 14.1. The Morgan fingerprint density at radius 2 is 1.93 bits per heavy atom. The number of nitrogens with one attached hydrogen (secondary N) is 1. The number of ether oxygens (including phenoxy) is 4. The third kappa shape index (κ3) is 6.06. The summed E-state index contributed by atoms with van der Waals surface area (Å²) < 4.78 is 22.6. The number of methoxy groups -OCH3 is 1. The van der Waals surface area contributed by atoms with Crippen LogP contribution in [0.1, 0.15) is 53.6 Å². The molecule has 2 amide bonds. The predicted molar refractivity (Wildman–Crippen MR) is 151 cm³/mol. The van der Waals surface area contributed by atoms with Crippen LogP contribution < -0.4 is 24.3 Å². The Labute approximate surface area is 248 Å². The molecule has 228 valence electrons. The van der Waals surface area contributed by atoms with Gasteiger partial charge < -0.3 is 44.2 Å². The Bertz CT molecular complexity index is 1450. The fourth-order valence-corrected chi connectivity index (χ4v) is 5.79. The van der Waals surface area contributed by atoms with Gasteiger partial charge in [0, 0.05) is 42.6 Å². The van der Waals surface area contributed by atoms with Crippen LogP contribution in [0.15, 0.2) is 42.0 Å². The Morgan fingerprint density at radius 1 is 1.14 bits per heavy atom. The summed E-state index contributed by atoms with van der Waals surface area (Å²) in [5.74, 6) is -0.00793. The van der Waals surface area contributed by atoms with E-state index >= 15 is 0 Å². The average Bonchev–Trinajstić information content (AvgIpc) is 3.63. The monoisotopic (exact) mass is 594 g/mol. The molecule has 0 saturated heterocycles. The van der Waals surface area contributed by atoms with Crippen LogP contribution in [0.25, 0.3) is 0 Å². The lowest BCUT2D eigenvalue weighted by Crippen LogP contribution is -2.55. The maximum atomic E-state index is 13.7. The van der Waals surface area contributed by atoms with Crippen molar-refractivity contribution < 1.29 is 48.3 Å². The first-order valence-electron chi connectivity index (χ1n) is 14.1. The number of nitrogens with zero attached hydrogens (tertiary/aromatic N) is 1. The van der Waals surface area contributed by atoms with Crippen molar-refractivity contribution in [3.8, 4) is 23.0 Å². The highest BCUT2D eigenvalue weighted by molar-refractivity contribution is 5.96. The molecule has 5 rings (SSSR count). The minimum absolute atomic E-state index is 0.0168. The van der Waals surface area contributed by atoms with Crippen molar-refractivity contribution in [3.63, 3.8) is 0 Å². The second kappa shape index (κ2) is 12.8. The van der Waals surface area contributed by atoms with E-state index in [1.165, 1.54) is 25.0 Å². The quantitative estimate of drug-likeness (QED) is 0.308. The molecule has 0 radical (unpaired) electrons. The van der Waals surface area contributed by atoms with E-state index in [0.717, 1.165) is 0 Å². The Morgan fingerprint density at radius 3 is 2.65 bits per heavy atom. The van der Waals surface area contributed by atoms with E-state index in [4.69, 9.17) is 18.9 Å². The van der Waals surface area contributed by atoms with Crippen molar-refractivity contribution in [2.24, 2.45) is 0 Å². The fourth-order valence-electron chi connectivity index (χ4n) is 5.79. The van der Waals surface area contributed by atoms with Crippen LogP contribution in [0, 0.1) is 0 Å². The van der Waals surface area contributed by atoms with Gasteiger partial charge in [-0.25, -0.2) is 0 Å². The smallest absolute Gasteiger partial charge is 0.247 e. The molecule has 0 bridgehead atoms. The molecule has 12 heteroatoms. The van der Waals surface area contributed by atoms with Gasteiger partial charge in [0.15, 0.2) is 23.0 Å². The number of aliphatic hydroxyl groups is 2. The minimum Gasteiger partial charge on any atom is -0.493 e. The molecule has 2 aromatic rings. The number of Topliss-reactive ketones (excluding diaryl/α,β-unsaturated/α-hetero) is 1. The Kier molecular flexibility index (Phi) is 8.97. The molecular weight excluding hydrogens is 560 g/mol. The molecule has 4 atom stereocenters. The fraction of sp³-hybridized carbons (Fsp3) is 0.419. The largest absolute Gasteiger partial charge is 0.493 e. The molecule has 3 N–H and O–H groups in total. The molecule has 3 aliphatic rings. The predicted octanol–water partition coefficient (Wildman–Crippen LogP) is 1.65. The van der Waals surface area contributed by atoms with Gasteiger partial charge in [0.05, 0.1) is 25.7 Å².